The standard InChI is InChI=1S/C18H20FNO5S/c1-13-10-17(11-18(21)24-13)25-16-6-8-20(9-7-16)26(22,23)12-14-2-4-15(19)5-3-14/h2-5,10-11,16H,6-9,12H2,1H3. The minimum absolute atomic E-state index is 0.155. The quantitative estimate of drug-likeness (QED) is 0.795. The highest BCUT2D eigenvalue weighted by molar-refractivity contribution is 7.88. The third-order valence-corrected chi connectivity index (χ3v) is 6.08. The second-order valence-electron chi connectivity index (χ2n) is 6.32. The SMILES string of the molecule is Cc1cc(OC2CCN(S(=O)(=O)Cc3ccc(F)cc3)CC2)cc(=O)o1. The number of ether oxygens (including phenoxy) is 1. The molecule has 2 heterocycles. The van der Waals surface area contributed by atoms with Gasteiger partial charge in [0, 0.05) is 19.2 Å². The highest BCUT2D eigenvalue weighted by atomic mass is 32.2. The summed E-state index contributed by atoms with van der Waals surface area (Å²) in [6.45, 7) is 2.35. The highest BCUT2D eigenvalue weighted by Crippen LogP contribution is 2.22. The van der Waals surface area contributed by atoms with Gasteiger partial charge in [-0.3, -0.25) is 0 Å². The highest BCUT2D eigenvalue weighted by Gasteiger charge is 2.29. The predicted molar refractivity (Wildman–Crippen MR) is 94.0 cm³/mol. The number of benzene rings is 1. The zero-order valence-electron chi connectivity index (χ0n) is 14.4. The largest absolute Gasteiger partial charge is 0.490 e. The Morgan fingerprint density at radius 1 is 1.19 bits per heavy atom. The first-order valence-corrected chi connectivity index (χ1v) is 9.93. The van der Waals surface area contributed by atoms with E-state index in [1.807, 2.05) is 0 Å². The summed E-state index contributed by atoms with van der Waals surface area (Å²) in [5.41, 5.74) is 0.0792. The van der Waals surface area contributed by atoms with Gasteiger partial charge in [-0.1, -0.05) is 12.1 Å². The molecule has 1 aromatic carbocycles. The molecule has 0 bridgehead atoms. The predicted octanol–water partition coefficient (Wildman–Crippen LogP) is 2.46. The van der Waals surface area contributed by atoms with E-state index in [9.17, 15) is 17.6 Å². The van der Waals surface area contributed by atoms with E-state index in [2.05, 4.69) is 0 Å². The lowest BCUT2D eigenvalue weighted by Gasteiger charge is -2.31. The van der Waals surface area contributed by atoms with Crippen LogP contribution in [0.25, 0.3) is 0 Å². The van der Waals surface area contributed by atoms with Crippen LogP contribution in [0.3, 0.4) is 0 Å². The van der Waals surface area contributed by atoms with Gasteiger partial charge < -0.3 is 9.15 Å². The van der Waals surface area contributed by atoms with Crippen molar-refractivity contribution >= 4 is 10.0 Å². The molecule has 1 aliphatic rings. The monoisotopic (exact) mass is 381 g/mol. The van der Waals surface area contributed by atoms with E-state index in [0.29, 0.717) is 43.0 Å². The zero-order valence-corrected chi connectivity index (χ0v) is 15.2. The molecule has 3 rings (SSSR count). The first-order chi connectivity index (χ1) is 12.3. The third-order valence-electron chi connectivity index (χ3n) is 4.23. The van der Waals surface area contributed by atoms with Gasteiger partial charge in [0.2, 0.25) is 10.0 Å². The van der Waals surface area contributed by atoms with Crippen molar-refractivity contribution in [2.75, 3.05) is 13.1 Å². The molecule has 0 spiro atoms. The van der Waals surface area contributed by atoms with Crippen LogP contribution in [0, 0.1) is 12.7 Å². The van der Waals surface area contributed by atoms with Crippen molar-refractivity contribution in [3.05, 3.63) is 64.0 Å². The first kappa shape index (κ1) is 18.6. The maximum Gasteiger partial charge on any atom is 0.339 e. The van der Waals surface area contributed by atoms with Gasteiger partial charge in [-0.15, -0.1) is 0 Å². The Kier molecular flexibility index (Phi) is 5.43. The van der Waals surface area contributed by atoms with E-state index in [0.717, 1.165) is 0 Å². The van der Waals surface area contributed by atoms with Crippen LogP contribution >= 0.6 is 0 Å². The van der Waals surface area contributed by atoms with E-state index in [1.165, 1.54) is 34.6 Å². The molecule has 6 nitrogen and oxygen atoms in total. The number of nitrogens with zero attached hydrogens (tertiary/aromatic N) is 1. The van der Waals surface area contributed by atoms with E-state index in [-0.39, 0.29) is 11.9 Å². The third kappa shape index (κ3) is 4.70. The lowest BCUT2D eigenvalue weighted by molar-refractivity contribution is 0.134. The van der Waals surface area contributed by atoms with Crippen LogP contribution in [-0.2, 0) is 15.8 Å². The Bertz CT molecular complexity index is 915. The summed E-state index contributed by atoms with van der Waals surface area (Å²) >= 11 is 0. The summed E-state index contributed by atoms with van der Waals surface area (Å²) in [5.74, 6) is 0.352. The van der Waals surface area contributed by atoms with Gasteiger partial charge in [0.1, 0.15) is 23.4 Å². The van der Waals surface area contributed by atoms with Crippen molar-refractivity contribution in [3.8, 4) is 5.75 Å². The molecule has 1 saturated heterocycles. The summed E-state index contributed by atoms with van der Waals surface area (Å²) in [6, 6.07) is 8.38. The van der Waals surface area contributed by atoms with Gasteiger partial charge in [0.15, 0.2) is 0 Å². The van der Waals surface area contributed by atoms with Gasteiger partial charge in [-0.05, 0) is 37.5 Å². The molecule has 26 heavy (non-hydrogen) atoms. The van der Waals surface area contributed by atoms with Gasteiger partial charge in [-0.25, -0.2) is 21.9 Å². The number of aryl methyl sites for hydroxylation is 1. The van der Waals surface area contributed by atoms with Crippen molar-refractivity contribution in [1.29, 1.82) is 0 Å². The van der Waals surface area contributed by atoms with Gasteiger partial charge >= 0.3 is 5.63 Å². The topological polar surface area (TPSA) is 76.8 Å². The molecule has 0 N–H and O–H groups in total. The molecular weight excluding hydrogens is 361 g/mol. The van der Waals surface area contributed by atoms with Crippen LogP contribution in [0.15, 0.2) is 45.6 Å². The fourth-order valence-electron chi connectivity index (χ4n) is 2.95. The molecule has 1 fully saturated rings. The normalized spacial score (nSPS) is 16.5. The first-order valence-electron chi connectivity index (χ1n) is 8.32. The number of halogens is 1. The molecule has 1 aromatic heterocycles. The Morgan fingerprint density at radius 2 is 1.85 bits per heavy atom. The number of hydrogen-bond donors (Lipinski definition) is 0. The van der Waals surface area contributed by atoms with Gasteiger partial charge in [-0.2, -0.15) is 0 Å². The minimum Gasteiger partial charge on any atom is -0.490 e. The van der Waals surface area contributed by atoms with Crippen LogP contribution in [0.2, 0.25) is 0 Å². The molecule has 140 valence electrons. The van der Waals surface area contributed by atoms with Gasteiger partial charge in [0.05, 0.1) is 11.8 Å². The second-order valence-corrected chi connectivity index (χ2v) is 8.29. The minimum atomic E-state index is -3.47. The molecule has 0 saturated carbocycles. The Morgan fingerprint density at radius 3 is 2.46 bits per heavy atom. The smallest absolute Gasteiger partial charge is 0.339 e. The lowest BCUT2D eigenvalue weighted by atomic mass is 10.1. The van der Waals surface area contributed by atoms with Crippen LogP contribution in [0.1, 0.15) is 24.2 Å². The van der Waals surface area contributed by atoms with E-state index < -0.39 is 21.5 Å². The van der Waals surface area contributed by atoms with Crippen LogP contribution in [0.4, 0.5) is 4.39 Å². The summed E-state index contributed by atoms with van der Waals surface area (Å²) in [5, 5.41) is 0. The molecule has 0 unspecified atom stereocenters. The van der Waals surface area contributed by atoms with E-state index in [4.69, 9.17) is 9.15 Å². The number of piperidine rings is 1. The van der Waals surface area contributed by atoms with Crippen molar-refractivity contribution in [2.24, 2.45) is 0 Å². The van der Waals surface area contributed by atoms with Crippen molar-refractivity contribution in [3.63, 3.8) is 0 Å². The van der Waals surface area contributed by atoms with Crippen LogP contribution in [-0.4, -0.2) is 31.9 Å². The summed E-state index contributed by atoms with van der Waals surface area (Å²) < 4.78 is 50.1. The summed E-state index contributed by atoms with van der Waals surface area (Å²) in [7, 11) is -3.47. The molecule has 1 aliphatic heterocycles. The van der Waals surface area contributed by atoms with Crippen LogP contribution < -0.4 is 10.4 Å². The molecule has 0 atom stereocenters. The van der Waals surface area contributed by atoms with Crippen molar-refractivity contribution in [2.45, 2.75) is 31.6 Å². The number of hydrogen-bond acceptors (Lipinski definition) is 5. The Labute approximate surface area is 151 Å². The van der Waals surface area contributed by atoms with Crippen LogP contribution in [0.5, 0.6) is 5.75 Å². The maximum atomic E-state index is 12.9. The zero-order chi connectivity index (χ0) is 18.7. The Hall–Kier alpha value is -2.19. The second kappa shape index (κ2) is 7.59. The summed E-state index contributed by atoms with van der Waals surface area (Å²) in [6.07, 6.45) is 0.901. The fraction of sp³-hybridized carbons (Fsp3) is 0.389. The number of sulfonamides is 1. The molecular formula is C18H20FNO5S. The van der Waals surface area contributed by atoms with Crippen molar-refractivity contribution < 1.29 is 22.0 Å². The van der Waals surface area contributed by atoms with Crippen molar-refractivity contribution in [1.82, 2.24) is 4.31 Å². The molecule has 8 heteroatoms. The fourth-order valence-corrected chi connectivity index (χ4v) is 4.51. The molecule has 0 amide bonds. The average Bonchev–Trinajstić information content (AvgIpc) is 2.56. The average molecular weight is 381 g/mol. The Balaban J connectivity index is 1.58. The molecule has 0 radical (unpaired) electrons. The van der Waals surface area contributed by atoms with Gasteiger partial charge in [0.25, 0.3) is 0 Å². The lowest BCUT2D eigenvalue weighted by Crippen LogP contribution is -2.42. The molecule has 0 aliphatic carbocycles. The summed E-state index contributed by atoms with van der Waals surface area (Å²) in [4.78, 5) is 11.4. The number of rotatable bonds is 5. The van der Waals surface area contributed by atoms with E-state index >= 15 is 0 Å². The van der Waals surface area contributed by atoms with E-state index in [1.54, 1.807) is 13.0 Å². The molecule has 2 aromatic rings. The maximum absolute atomic E-state index is 12.9.